The molecule has 0 N–H and O–H groups in total. The molecule has 27 heavy (non-hydrogen) atoms. The molecule has 0 saturated heterocycles. The molecule has 0 aromatic heterocycles. The van der Waals surface area contributed by atoms with E-state index in [1.54, 1.807) is 13.2 Å². The molecule has 0 radical (unpaired) electrons. The largest absolute Gasteiger partial charge is 0.497 e. The molecule has 3 rings (SSSR count). The fraction of sp³-hybridized carbons (Fsp3) is 0.368. The third kappa shape index (κ3) is 4.70. The third-order valence-corrected chi connectivity index (χ3v) is 5.34. The quantitative estimate of drug-likeness (QED) is 0.503. The van der Waals surface area contributed by atoms with Gasteiger partial charge in [0.2, 0.25) is 0 Å². The molecule has 1 unspecified atom stereocenters. The second-order valence-electron chi connectivity index (χ2n) is 5.93. The van der Waals surface area contributed by atoms with Crippen LogP contribution in [0.4, 0.5) is 13.2 Å². The number of benzene rings is 2. The number of alkyl halides is 4. The lowest BCUT2D eigenvalue weighted by Crippen LogP contribution is -2.38. The number of halogens is 5. The Labute approximate surface area is 169 Å². The van der Waals surface area contributed by atoms with E-state index in [0.29, 0.717) is 17.2 Å². The van der Waals surface area contributed by atoms with E-state index >= 15 is 0 Å². The summed E-state index contributed by atoms with van der Waals surface area (Å²) in [6.07, 6.45) is -4.41. The Bertz CT molecular complexity index is 798. The SMILES string of the molecule is COc1ccc(Br)c(CCl)c1.COc1ccc2c(c1)COC2(C)C(F)(F)F. The van der Waals surface area contributed by atoms with Crippen LogP contribution in [0.2, 0.25) is 0 Å². The van der Waals surface area contributed by atoms with Crippen molar-refractivity contribution in [3.63, 3.8) is 0 Å². The summed E-state index contributed by atoms with van der Waals surface area (Å²) in [5, 5.41) is 0. The van der Waals surface area contributed by atoms with Crippen LogP contribution in [0, 0.1) is 0 Å². The van der Waals surface area contributed by atoms with Crippen molar-refractivity contribution in [2.24, 2.45) is 0 Å². The van der Waals surface area contributed by atoms with Gasteiger partial charge in [0.1, 0.15) is 11.5 Å². The van der Waals surface area contributed by atoms with Crippen LogP contribution in [0.15, 0.2) is 40.9 Å². The maximum absolute atomic E-state index is 12.8. The first kappa shape index (κ1) is 21.9. The van der Waals surface area contributed by atoms with Crippen LogP contribution in [0.25, 0.3) is 0 Å². The molecule has 0 spiro atoms. The van der Waals surface area contributed by atoms with Gasteiger partial charge in [0.05, 0.1) is 20.8 Å². The van der Waals surface area contributed by atoms with Gasteiger partial charge in [-0.05, 0) is 53.9 Å². The summed E-state index contributed by atoms with van der Waals surface area (Å²) < 4.78 is 54.5. The average Bonchev–Trinajstić information content (AvgIpc) is 3.00. The van der Waals surface area contributed by atoms with Crippen molar-refractivity contribution in [1.29, 1.82) is 0 Å². The van der Waals surface area contributed by atoms with E-state index < -0.39 is 11.8 Å². The average molecular weight is 468 g/mol. The molecule has 0 amide bonds. The van der Waals surface area contributed by atoms with Crippen molar-refractivity contribution < 1.29 is 27.4 Å². The molecule has 1 atom stereocenters. The van der Waals surface area contributed by atoms with Gasteiger partial charge in [-0.2, -0.15) is 13.2 Å². The monoisotopic (exact) mass is 466 g/mol. The fourth-order valence-corrected chi connectivity index (χ4v) is 3.37. The second kappa shape index (κ2) is 8.71. The van der Waals surface area contributed by atoms with Gasteiger partial charge in [-0.15, -0.1) is 11.6 Å². The highest BCUT2D eigenvalue weighted by atomic mass is 79.9. The van der Waals surface area contributed by atoms with Gasteiger partial charge in [-0.3, -0.25) is 0 Å². The van der Waals surface area contributed by atoms with Crippen LogP contribution in [0.5, 0.6) is 11.5 Å². The van der Waals surface area contributed by atoms with E-state index in [1.807, 2.05) is 18.2 Å². The summed E-state index contributed by atoms with van der Waals surface area (Å²) in [4.78, 5) is 0. The van der Waals surface area contributed by atoms with Gasteiger partial charge in [0.25, 0.3) is 0 Å². The van der Waals surface area contributed by atoms with Crippen LogP contribution in [-0.4, -0.2) is 20.4 Å². The lowest BCUT2D eigenvalue weighted by Gasteiger charge is -2.27. The lowest BCUT2D eigenvalue weighted by molar-refractivity contribution is -0.272. The van der Waals surface area contributed by atoms with Crippen LogP contribution < -0.4 is 9.47 Å². The van der Waals surface area contributed by atoms with Crippen LogP contribution in [0.3, 0.4) is 0 Å². The zero-order valence-electron chi connectivity index (χ0n) is 15.0. The first-order chi connectivity index (χ1) is 12.7. The summed E-state index contributed by atoms with van der Waals surface area (Å²) >= 11 is 9.06. The lowest BCUT2D eigenvalue weighted by atomic mass is 9.93. The first-order valence-electron chi connectivity index (χ1n) is 7.92. The smallest absolute Gasteiger partial charge is 0.421 e. The van der Waals surface area contributed by atoms with Crippen molar-refractivity contribution in [1.82, 2.24) is 0 Å². The van der Waals surface area contributed by atoms with Crippen molar-refractivity contribution in [3.8, 4) is 11.5 Å². The van der Waals surface area contributed by atoms with Crippen molar-refractivity contribution in [2.75, 3.05) is 14.2 Å². The predicted octanol–water partition coefficient (Wildman–Crippen LogP) is 6.20. The summed E-state index contributed by atoms with van der Waals surface area (Å²) in [6, 6.07) is 10.2. The van der Waals surface area contributed by atoms with E-state index in [0.717, 1.165) is 22.7 Å². The van der Waals surface area contributed by atoms with E-state index in [-0.39, 0.29) is 12.2 Å². The second-order valence-corrected chi connectivity index (χ2v) is 7.06. The molecule has 8 heteroatoms. The van der Waals surface area contributed by atoms with Gasteiger partial charge >= 0.3 is 6.18 Å². The molecule has 148 valence electrons. The van der Waals surface area contributed by atoms with Gasteiger partial charge in [0.15, 0.2) is 5.60 Å². The molecule has 1 aliphatic rings. The Kier molecular flexibility index (Phi) is 7.05. The normalized spacial score (nSPS) is 18.4. The number of rotatable bonds is 3. The minimum absolute atomic E-state index is 0.0391. The number of fused-ring (bicyclic) bond motifs is 1. The van der Waals surface area contributed by atoms with Gasteiger partial charge in [-0.25, -0.2) is 0 Å². The number of methoxy groups -OCH3 is 2. The topological polar surface area (TPSA) is 27.7 Å². The zero-order valence-corrected chi connectivity index (χ0v) is 17.3. The van der Waals surface area contributed by atoms with Crippen molar-refractivity contribution >= 4 is 27.5 Å². The van der Waals surface area contributed by atoms with Crippen LogP contribution >= 0.6 is 27.5 Å². The maximum Gasteiger partial charge on any atom is 0.421 e. The number of ether oxygens (including phenoxy) is 3. The highest BCUT2D eigenvalue weighted by molar-refractivity contribution is 9.10. The molecule has 3 nitrogen and oxygen atoms in total. The summed E-state index contributed by atoms with van der Waals surface area (Å²) in [7, 11) is 3.11. The number of hydrogen-bond acceptors (Lipinski definition) is 3. The van der Waals surface area contributed by atoms with E-state index in [1.165, 1.54) is 19.2 Å². The molecular formula is C19H19BrClF3O3. The molecular weight excluding hydrogens is 449 g/mol. The fourth-order valence-electron chi connectivity index (χ4n) is 2.60. The molecule has 1 aliphatic heterocycles. The highest BCUT2D eigenvalue weighted by Gasteiger charge is 2.57. The Morgan fingerprint density at radius 1 is 1.11 bits per heavy atom. The molecule has 0 bridgehead atoms. The number of hydrogen-bond donors (Lipinski definition) is 0. The van der Waals surface area contributed by atoms with E-state index in [4.69, 9.17) is 25.8 Å². The summed E-state index contributed by atoms with van der Waals surface area (Å²) in [5.41, 5.74) is -0.458. The molecule has 2 aromatic rings. The third-order valence-electron chi connectivity index (χ3n) is 4.28. The standard InChI is InChI=1S/C11H11F3O2.C8H8BrClO/c1-10(11(12,13)14)9-4-3-8(15-2)5-7(9)6-16-10;1-11-7-2-3-8(9)6(4-7)5-10/h3-5H,6H2,1-2H3;2-4H,5H2,1H3. The summed E-state index contributed by atoms with van der Waals surface area (Å²) in [6.45, 7) is 1.01. The Hall–Kier alpha value is -1.44. The minimum atomic E-state index is -4.41. The maximum atomic E-state index is 12.8. The van der Waals surface area contributed by atoms with Crippen molar-refractivity contribution in [2.45, 2.75) is 31.2 Å². The molecule has 0 fully saturated rings. The Balaban J connectivity index is 0.000000208. The van der Waals surface area contributed by atoms with Crippen molar-refractivity contribution in [3.05, 3.63) is 57.6 Å². The van der Waals surface area contributed by atoms with E-state index in [2.05, 4.69) is 15.9 Å². The van der Waals surface area contributed by atoms with Gasteiger partial charge in [0, 0.05) is 10.4 Å². The molecule has 0 aliphatic carbocycles. The highest BCUT2D eigenvalue weighted by Crippen LogP contribution is 2.48. The minimum Gasteiger partial charge on any atom is -0.497 e. The van der Waals surface area contributed by atoms with E-state index in [9.17, 15) is 13.2 Å². The predicted molar refractivity (Wildman–Crippen MR) is 101 cm³/mol. The van der Waals surface area contributed by atoms with Crippen LogP contribution in [0.1, 0.15) is 23.6 Å². The van der Waals surface area contributed by atoms with Gasteiger partial charge in [-0.1, -0.05) is 22.0 Å². The first-order valence-corrected chi connectivity index (χ1v) is 9.25. The Morgan fingerprint density at radius 3 is 2.26 bits per heavy atom. The Morgan fingerprint density at radius 2 is 1.70 bits per heavy atom. The summed E-state index contributed by atoms with van der Waals surface area (Å²) in [5.74, 6) is 1.87. The molecule has 2 aromatic carbocycles. The molecule has 1 heterocycles. The van der Waals surface area contributed by atoms with Crippen LogP contribution in [-0.2, 0) is 22.8 Å². The van der Waals surface area contributed by atoms with Gasteiger partial charge < -0.3 is 14.2 Å². The zero-order chi connectivity index (χ0) is 20.2. The molecule has 0 saturated carbocycles.